The van der Waals surface area contributed by atoms with Crippen LogP contribution in [0.4, 0.5) is 0 Å². The van der Waals surface area contributed by atoms with Crippen molar-refractivity contribution in [2.75, 3.05) is 12.4 Å². The predicted molar refractivity (Wildman–Crippen MR) is 71.8 cm³/mol. The largest absolute Gasteiger partial charge is 0.372 e. The average Bonchev–Trinajstić information content (AvgIpc) is 2.83. The quantitative estimate of drug-likeness (QED) is 0.833. The van der Waals surface area contributed by atoms with E-state index in [0.717, 1.165) is 12.0 Å². The molecule has 0 saturated heterocycles. The van der Waals surface area contributed by atoms with Crippen LogP contribution in [0, 0.1) is 5.92 Å². The summed E-state index contributed by atoms with van der Waals surface area (Å²) in [5.41, 5.74) is 3.01. The lowest BCUT2D eigenvalue weighted by atomic mass is 10.1. The number of hydrogen-bond donors (Lipinski definition) is 1. The van der Waals surface area contributed by atoms with Crippen LogP contribution in [0.3, 0.4) is 0 Å². The maximum absolute atomic E-state index is 12.0. The Morgan fingerprint density at radius 3 is 3.00 bits per heavy atom. The fourth-order valence-corrected chi connectivity index (χ4v) is 2.34. The minimum absolute atomic E-state index is 0.0221. The van der Waals surface area contributed by atoms with Crippen LogP contribution < -0.4 is 5.32 Å². The highest BCUT2D eigenvalue weighted by Crippen LogP contribution is 2.20. The SMILES string of the molecule is CC(CCCl)CNC(=O)c1ccc2c(c1)COC2. The summed E-state index contributed by atoms with van der Waals surface area (Å²) in [6.45, 7) is 4.02. The number of carbonyl (C=O) groups is 1. The smallest absolute Gasteiger partial charge is 0.251 e. The standard InChI is InChI=1S/C14H18ClNO2/c1-10(4-5-15)7-16-14(17)11-2-3-12-8-18-9-13(12)6-11/h2-3,6,10H,4-5,7-9H2,1H3,(H,16,17). The molecule has 1 aliphatic heterocycles. The van der Waals surface area contributed by atoms with E-state index in [1.807, 2.05) is 18.2 Å². The summed E-state index contributed by atoms with van der Waals surface area (Å²) in [4.78, 5) is 12.0. The molecule has 2 rings (SSSR count). The lowest BCUT2D eigenvalue weighted by Crippen LogP contribution is -2.28. The lowest BCUT2D eigenvalue weighted by molar-refractivity contribution is 0.0947. The highest BCUT2D eigenvalue weighted by Gasteiger charge is 2.14. The molecule has 3 nitrogen and oxygen atoms in total. The van der Waals surface area contributed by atoms with E-state index in [-0.39, 0.29) is 5.91 Å². The van der Waals surface area contributed by atoms with E-state index in [4.69, 9.17) is 16.3 Å². The van der Waals surface area contributed by atoms with Gasteiger partial charge in [0.05, 0.1) is 13.2 Å². The molecule has 1 aromatic carbocycles. The van der Waals surface area contributed by atoms with Gasteiger partial charge in [0.15, 0.2) is 0 Å². The molecule has 0 bridgehead atoms. The Hall–Kier alpha value is -1.06. The van der Waals surface area contributed by atoms with Gasteiger partial charge in [0.1, 0.15) is 0 Å². The molecule has 0 fully saturated rings. The average molecular weight is 268 g/mol. The molecule has 1 amide bonds. The lowest BCUT2D eigenvalue weighted by Gasteiger charge is -2.11. The number of halogens is 1. The van der Waals surface area contributed by atoms with E-state index in [1.54, 1.807) is 0 Å². The molecule has 0 radical (unpaired) electrons. The topological polar surface area (TPSA) is 38.3 Å². The van der Waals surface area contributed by atoms with Crippen LogP contribution in [0.2, 0.25) is 0 Å². The summed E-state index contributed by atoms with van der Waals surface area (Å²) in [5, 5.41) is 2.94. The van der Waals surface area contributed by atoms with Gasteiger partial charge in [-0.25, -0.2) is 0 Å². The molecular formula is C14H18ClNO2. The third-order valence-corrected chi connectivity index (χ3v) is 3.41. The van der Waals surface area contributed by atoms with E-state index in [2.05, 4.69) is 12.2 Å². The van der Waals surface area contributed by atoms with Gasteiger partial charge < -0.3 is 10.1 Å². The summed E-state index contributed by atoms with van der Waals surface area (Å²) in [6.07, 6.45) is 0.917. The van der Waals surface area contributed by atoms with Gasteiger partial charge in [-0.1, -0.05) is 13.0 Å². The second kappa shape index (κ2) is 6.21. The minimum Gasteiger partial charge on any atom is -0.372 e. The predicted octanol–water partition coefficient (Wildman–Crippen LogP) is 2.71. The van der Waals surface area contributed by atoms with Gasteiger partial charge in [-0.3, -0.25) is 4.79 Å². The van der Waals surface area contributed by atoms with Gasteiger partial charge in [-0.15, -0.1) is 11.6 Å². The van der Waals surface area contributed by atoms with Gasteiger partial charge >= 0.3 is 0 Å². The molecule has 1 aromatic rings. The summed E-state index contributed by atoms with van der Waals surface area (Å²) in [7, 11) is 0. The van der Waals surface area contributed by atoms with Crippen molar-refractivity contribution in [2.45, 2.75) is 26.6 Å². The van der Waals surface area contributed by atoms with E-state index in [9.17, 15) is 4.79 Å². The van der Waals surface area contributed by atoms with Crippen LogP contribution in [0.5, 0.6) is 0 Å². The van der Waals surface area contributed by atoms with Gasteiger partial charge in [-0.2, -0.15) is 0 Å². The molecule has 1 aliphatic rings. The number of alkyl halides is 1. The molecule has 1 atom stereocenters. The molecule has 1 N–H and O–H groups in total. The van der Waals surface area contributed by atoms with E-state index in [1.165, 1.54) is 5.56 Å². The Morgan fingerprint density at radius 2 is 2.22 bits per heavy atom. The molecule has 98 valence electrons. The van der Waals surface area contributed by atoms with Gasteiger partial charge in [0.25, 0.3) is 5.91 Å². The van der Waals surface area contributed by atoms with Crippen LogP contribution in [0.1, 0.15) is 34.8 Å². The first-order valence-electron chi connectivity index (χ1n) is 6.24. The van der Waals surface area contributed by atoms with Crippen molar-refractivity contribution in [1.82, 2.24) is 5.32 Å². The number of rotatable bonds is 5. The molecule has 0 aromatic heterocycles. The Kier molecular flexibility index (Phi) is 4.61. The van der Waals surface area contributed by atoms with Crippen LogP contribution in [0.25, 0.3) is 0 Å². The number of amides is 1. The molecule has 1 unspecified atom stereocenters. The zero-order valence-electron chi connectivity index (χ0n) is 10.5. The number of fused-ring (bicyclic) bond motifs is 1. The van der Waals surface area contributed by atoms with Crippen molar-refractivity contribution in [1.29, 1.82) is 0 Å². The van der Waals surface area contributed by atoms with Crippen LogP contribution in [-0.2, 0) is 18.0 Å². The first-order chi connectivity index (χ1) is 8.70. The zero-order valence-corrected chi connectivity index (χ0v) is 11.3. The normalized spacial score (nSPS) is 15.2. The number of ether oxygens (including phenoxy) is 1. The molecule has 18 heavy (non-hydrogen) atoms. The molecular weight excluding hydrogens is 250 g/mol. The number of carbonyl (C=O) groups excluding carboxylic acids is 1. The van der Waals surface area contributed by atoms with Crippen molar-refractivity contribution in [3.8, 4) is 0 Å². The summed E-state index contributed by atoms with van der Waals surface area (Å²) < 4.78 is 5.33. The number of nitrogens with one attached hydrogen (secondary N) is 1. The Balaban J connectivity index is 1.93. The second-order valence-corrected chi connectivity index (χ2v) is 5.15. The minimum atomic E-state index is -0.0221. The summed E-state index contributed by atoms with van der Waals surface area (Å²) in [6, 6.07) is 5.75. The van der Waals surface area contributed by atoms with Crippen molar-refractivity contribution < 1.29 is 9.53 Å². The van der Waals surface area contributed by atoms with Gasteiger partial charge in [-0.05, 0) is 35.6 Å². The molecule has 1 heterocycles. The van der Waals surface area contributed by atoms with Crippen molar-refractivity contribution in [2.24, 2.45) is 5.92 Å². The third kappa shape index (κ3) is 3.24. The highest BCUT2D eigenvalue weighted by atomic mass is 35.5. The summed E-state index contributed by atoms with van der Waals surface area (Å²) in [5.74, 6) is 1.02. The Labute approximate surface area is 112 Å². The van der Waals surface area contributed by atoms with E-state index in [0.29, 0.717) is 37.1 Å². The van der Waals surface area contributed by atoms with Crippen molar-refractivity contribution in [3.05, 3.63) is 34.9 Å². The Bertz CT molecular complexity index is 434. The fourth-order valence-electron chi connectivity index (χ4n) is 1.97. The molecule has 4 heteroatoms. The molecule has 0 spiro atoms. The van der Waals surface area contributed by atoms with Gasteiger partial charge in [0.2, 0.25) is 0 Å². The zero-order chi connectivity index (χ0) is 13.0. The third-order valence-electron chi connectivity index (χ3n) is 3.20. The van der Waals surface area contributed by atoms with Crippen LogP contribution in [-0.4, -0.2) is 18.3 Å². The number of hydrogen-bond acceptors (Lipinski definition) is 2. The van der Waals surface area contributed by atoms with Crippen LogP contribution in [0.15, 0.2) is 18.2 Å². The van der Waals surface area contributed by atoms with E-state index < -0.39 is 0 Å². The first kappa shape index (κ1) is 13.4. The monoisotopic (exact) mass is 267 g/mol. The maximum Gasteiger partial charge on any atom is 0.251 e. The Morgan fingerprint density at radius 1 is 1.44 bits per heavy atom. The number of benzene rings is 1. The summed E-state index contributed by atoms with van der Waals surface area (Å²) >= 11 is 5.67. The molecule has 0 aliphatic carbocycles. The van der Waals surface area contributed by atoms with E-state index >= 15 is 0 Å². The van der Waals surface area contributed by atoms with Crippen molar-refractivity contribution in [3.63, 3.8) is 0 Å². The maximum atomic E-state index is 12.0. The highest BCUT2D eigenvalue weighted by molar-refractivity contribution is 6.17. The van der Waals surface area contributed by atoms with Gasteiger partial charge in [0, 0.05) is 18.0 Å². The van der Waals surface area contributed by atoms with Crippen LogP contribution >= 0.6 is 11.6 Å². The fraction of sp³-hybridized carbons (Fsp3) is 0.500. The second-order valence-electron chi connectivity index (χ2n) is 4.77. The first-order valence-corrected chi connectivity index (χ1v) is 6.78. The van der Waals surface area contributed by atoms with Crippen molar-refractivity contribution >= 4 is 17.5 Å². The molecule has 0 saturated carbocycles.